The highest BCUT2D eigenvalue weighted by molar-refractivity contribution is 7.89. The molecule has 2 rings (SSSR count). The normalized spacial score (nSPS) is 17.1. The van der Waals surface area contributed by atoms with Crippen LogP contribution in [-0.4, -0.2) is 33.5 Å². The van der Waals surface area contributed by atoms with E-state index >= 15 is 0 Å². The molecule has 0 heterocycles. The molecule has 6 nitrogen and oxygen atoms in total. The minimum atomic E-state index is -3.61. The minimum Gasteiger partial charge on any atom is -0.355 e. The molecule has 23 heavy (non-hydrogen) atoms. The van der Waals surface area contributed by atoms with Crippen molar-refractivity contribution in [2.75, 3.05) is 13.6 Å². The summed E-state index contributed by atoms with van der Waals surface area (Å²) in [6.45, 7) is 0.243. The third kappa shape index (κ3) is 5.17. The zero-order chi connectivity index (χ0) is 16.2. The summed E-state index contributed by atoms with van der Waals surface area (Å²) in [5.74, 6) is -0.250. The average molecular weight is 362 g/mol. The van der Waals surface area contributed by atoms with Gasteiger partial charge in [-0.1, -0.05) is 19.3 Å². The van der Waals surface area contributed by atoms with Crippen molar-refractivity contribution in [3.8, 4) is 0 Å². The number of halogens is 1. The molecule has 0 radical (unpaired) electrons. The maximum atomic E-state index is 12.3. The van der Waals surface area contributed by atoms with Gasteiger partial charge in [0.05, 0.1) is 4.90 Å². The smallest absolute Gasteiger partial charge is 0.251 e. The number of sulfonamides is 1. The monoisotopic (exact) mass is 361 g/mol. The van der Waals surface area contributed by atoms with Crippen LogP contribution >= 0.6 is 12.4 Å². The zero-order valence-corrected chi connectivity index (χ0v) is 14.8. The summed E-state index contributed by atoms with van der Waals surface area (Å²) in [6, 6.07) is 5.84. The third-order valence-corrected chi connectivity index (χ3v) is 5.53. The molecule has 8 heteroatoms. The van der Waals surface area contributed by atoms with Crippen LogP contribution in [0.2, 0.25) is 0 Å². The summed E-state index contributed by atoms with van der Waals surface area (Å²) < 4.78 is 27.2. The Kier molecular flexibility index (Phi) is 7.01. The van der Waals surface area contributed by atoms with E-state index in [0.29, 0.717) is 5.56 Å². The van der Waals surface area contributed by atoms with Crippen molar-refractivity contribution in [2.24, 2.45) is 5.73 Å². The highest BCUT2D eigenvalue weighted by Crippen LogP contribution is 2.25. The Balaban J connectivity index is 0.00000264. The molecule has 4 N–H and O–H groups in total. The Hall–Kier alpha value is -1.15. The quantitative estimate of drug-likeness (QED) is 0.737. The summed E-state index contributed by atoms with van der Waals surface area (Å²) >= 11 is 0. The Morgan fingerprint density at radius 2 is 1.74 bits per heavy atom. The molecule has 0 aromatic heterocycles. The van der Waals surface area contributed by atoms with E-state index in [1.165, 1.54) is 31.3 Å². The molecule has 1 amide bonds. The van der Waals surface area contributed by atoms with Gasteiger partial charge in [0.1, 0.15) is 0 Å². The molecule has 0 saturated heterocycles. The summed E-state index contributed by atoms with van der Waals surface area (Å²) in [7, 11) is -2.08. The van der Waals surface area contributed by atoms with Gasteiger partial charge in [-0.3, -0.25) is 4.79 Å². The van der Waals surface area contributed by atoms with Gasteiger partial charge in [0.25, 0.3) is 5.91 Å². The molecule has 1 fully saturated rings. The number of benzene rings is 1. The largest absolute Gasteiger partial charge is 0.355 e. The van der Waals surface area contributed by atoms with Gasteiger partial charge in [0.15, 0.2) is 0 Å². The Morgan fingerprint density at radius 1 is 1.17 bits per heavy atom. The topological polar surface area (TPSA) is 101 Å². The van der Waals surface area contributed by atoms with Gasteiger partial charge < -0.3 is 11.1 Å². The molecular formula is C15H24ClN3O3S. The number of nitrogens with two attached hydrogens (primary N) is 1. The predicted molar refractivity (Wildman–Crippen MR) is 92.3 cm³/mol. The first kappa shape index (κ1) is 19.9. The number of nitrogens with one attached hydrogen (secondary N) is 2. The lowest BCUT2D eigenvalue weighted by Crippen LogP contribution is -2.51. The highest BCUT2D eigenvalue weighted by Gasteiger charge is 2.29. The lowest BCUT2D eigenvalue weighted by molar-refractivity contribution is 0.0963. The summed E-state index contributed by atoms with van der Waals surface area (Å²) in [4.78, 5) is 11.6. The van der Waals surface area contributed by atoms with Crippen molar-refractivity contribution in [3.05, 3.63) is 29.8 Å². The first-order valence-corrected chi connectivity index (χ1v) is 8.95. The van der Waals surface area contributed by atoms with Crippen molar-refractivity contribution in [3.63, 3.8) is 0 Å². The van der Waals surface area contributed by atoms with Crippen LogP contribution in [0.4, 0.5) is 0 Å². The highest BCUT2D eigenvalue weighted by atomic mass is 35.5. The van der Waals surface area contributed by atoms with Crippen molar-refractivity contribution in [2.45, 2.75) is 42.5 Å². The first-order valence-electron chi connectivity index (χ1n) is 7.47. The lowest BCUT2D eigenvalue weighted by atomic mass is 9.83. The molecule has 0 bridgehead atoms. The molecule has 0 spiro atoms. The summed E-state index contributed by atoms with van der Waals surface area (Å²) in [6.07, 6.45) is 4.92. The molecule has 130 valence electrons. The van der Waals surface area contributed by atoms with Gasteiger partial charge in [0, 0.05) is 24.7 Å². The second-order valence-electron chi connectivity index (χ2n) is 5.85. The number of hydrogen-bond donors (Lipinski definition) is 3. The number of rotatable bonds is 5. The molecule has 1 saturated carbocycles. The SMILES string of the molecule is CNC(=O)c1ccc(S(=O)(=O)NCC2(N)CCCCC2)cc1.Cl. The van der Waals surface area contributed by atoms with E-state index < -0.39 is 15.6 Å². The van der Waals surface area contributed by atoms with Crippen LogP contribution in [0.1, 0.15) is 42.5 Å². The van der Waals surface area contributed by atoms with E-state index in [2.05, 4.69) is 10.0 Å². The standard InChI is InChI=1S/C15H23N3O3S.ClH/c1-17-14(19)12-5-7-13(8-6-12)22(20,21)18-11-15(16)9-3-2-4-10-15;/h5-8,18H,2-4,9-11,16H2,1H3,(H,17,19);1H. The van der Waals surface area contributed by atoms with Gasteiger partial charge in [-0.2, -0.15) is 0 Å². The van der Waals surface area contributed by atoms with Crippen LogP contribution in [0.5, 0.6) is 0 Å². The molecule has 0 unspecified atom stereocenters. The number of carbonyl (C=O) groups is 1. The summed E-state index contributed by atoms with van der Waals surface area (Å²) in [5, 5.41) is 2.49. The molecule has 0 atom stereocenters. The van der Waals surface area contributed by atoms with Crippen LogP contribution in [0, 0.1) is 0 Å². The Bertz CT molecular complexity index is 626. The molecule has 1 aromatic carbocycles. The molecule has 0 aliphatic heterocycles. The zero-order valence-electron chi connectivity index (χ0n) is 13.2. The van der Waals surface area contributed by atoms with Crippen molar-refractivity contribution in [1.29, 1.82) is 0 Å². The van der Waals surface area contributed by atoms with E-state index in [0.717, 1.165) is 32.1 Å². The van der Waals surface area contributed by atoms with Gasteiger partial charge in [-0.05, 0) is 37.1 Å². The molecule has 1 aliphatic carbocycles. The van der Waals surface area contributed by atoms with E-state index in [4.69, 9.17) is 5.73 Å². The fraction of sp³-hybridized carbons (Fsp3) is 0.533. The maximum absolute atomic E-state index is 12.3. The fourth-order valence-corrected chi connectivity index (χ4v) is 3.82. The lowest BCUT2D eigenvalue weighted by Gasteiger charge is -2.33. The molecule has 1 aliphatic rings. The van der Waals surface area contributed by atoms with Crippen molar-refractivity contribution >= 4 is 28.3 Å². The van der Waals surface area contributed by atoms with Crippen LogP contribution in [-0.2, 0) is 10.0 Å². The third-order valence-electron chi connectivity index (χ3n) is 4.12. The van der Waals surface area contributed by atoms with Crippen LogP contribution < -0.4 is 15.8 Å². The molecule has 1 aromatic rings. The van der Waals surface area contributed by atoms with E-state index in [1.54, 1.807) is 0 Å². The van der Waals surface area contributed by atoms with Crippen molar-refractivity contribution in [1.82, 2.24) is 10.0 Å². The average Bonchev–Trinajstić information content (AvgIpc) is 2.53. The van der Waals surface area contributed by atoms with Gasteiger partial charge in [-0.15, -0.1) is 12.4 Å². The van der Waals surface area contributed by atoms with Crippen LogP contribution in [0.3, 0.4) is 0 Å². The number of hydrogen-bond acceptors (Lipinski definition) is 4. The van der Waals surface area contributed by atoms with Crippen molar-refractivity contribution < 1.29 is 13.2 Å². The van der Waals surface area contributed by atoms with E-state index in [9.17, 15) is 13.2 Å². The maximum Gasteiger partial charge on any atom is 0.251 e. The minimum absolute atomic E-state index is 0. The fourth-order valence-electron chi connectivity index (χ4n) is 2.68. The second kappa shape index (κ2) is 8.10. The van der Waals surface area contributed by atoms with Gasteiger partial charge >= 0.3 is 0 Å². The van der Waals surface area contributed by atoms with Crippen LogP contribution in [0.25, 0.3) is 0 Å². The first-order chi connectivity index (χ1) is 10.4. The molecular weight excluding hydrogens is 338 g/mol. The number of amides is 1. The van der Waals surface area contributed by atoms with Gasteiger partial charge in [-0.25, -0.2) is 13.1 Å². The van der Waals surface area contributed by atoms with Gasteiger partial charge in [0.2, 0.25) is 10.0 Å². The Morgan fingerprint density at radius 3 is 2.26 bits per heavy atom. The van der Waals surface area contributed by atoms with Crippen LogP contribution in [0.15, 0.2) is 29.2 Å². The van der Waals surface area contributed by atoms with E-state index in [-0.39, 0.29) is 29.8 Å². The van der Waals surface area contributed by atoms with E-state index in [1.807, 2.05) is 0 Å². The predicted octanol–water partition coefficient (Wildman–Crippen LogP) is 1.41. The Labute approximate surface area is 143 Å². The summed E-state index contributed by atoms with van der Waals surface area (Å²) in [5.41, 5.74) is 6.22. The number of carbonyl (C=O) groups excluding carboxylic acids is 1. The second-order valence-corrected chi connectivity index (χ2v) is 7.62.